The lowest BCUT2D eigenvalue weighted by Gasteiger charge is -2.35. The van der Waals surface area contributed by atoms with E-state index in [2.05, 4.69) is 45.5 Å². The van der Waals surface area contributed by atoms with Crippen LogP contribution in [0.15, 0.2) is 48.5 Å². The Bertz CT molecular complexity index is 1120. The van der Waals surface area contributed by atoms with Gasteiger partial charge in [-0.2, -0.15) is 5.10 Å². The zero-order valence-electron chi connectivity index (χ0n) is 20.4. The van der Waals surface area contributed by atoms with Gasteiger partial charge in [0.15, 0.2) is 0 Å². The molecule has 1 aliphatic heterocycles. The van der Waals surface area contributed by atoms with Crippen LogP contribution in [0.1, 0.15) is 29.7 Å². The zero-order valence-corrected chi connectivity index (χ0v) is 20.4. The second kappa shape index (κ2) is 9.76. The van der Waals surface area contributed by atoms with Gasteiger partial charge in [0.1, 0.15) is 17.4 Å². The minimum absolute atomic E-state index is 0.127. The first-order valence-electron chi connectivity index (χ1n) is 12.2. The molecule has 7 heteroatoms. The van der Waals surface area contributed by atoms with Crippen LogP contribution >= 0.6 is 0 Å². The Morgan fingerprint density at radius 1 is 1.00 bits per heavy atom. The van der Waals surface area contributed by atoms with E-state index < -0.39 is 0 Å². The minimum Gasteiger partial charge on any atom is -0.497 e. The Morgan fingerprint density at radius 2 is 1.71 bits per heavy atom. The quantitative estimate of drug-likeness (QED) is 0.499. The SMILES string of the molecule is COc1ccc(-n2nc(C)c(CN(Cc3ccccc3F)C3CC3)c2N2CCN(C)CC2)cc1. The highest BCUT2D eigenvalue weighted by molar-refractivity contribution is 5.56. The van der Waals surface area contributed by atoms with E-state index in [9.17, 15) is 4.39 Å². The average Bonchev–Trinajstić information content (AvgIpc) is 3.65. The van der Waals surface area contributed by atoms with Gasteiger partial charge in [0.05, 0.1) is 18.5 Å². The van der Waals surface area contributed by atoms with Crippen molar-refractivity contribution in [3.63, 3.8) is 0 Å². The smallest absolute Gasteiger partial charge is 0.137 e. The number of ether oxygens (including phenoxy) is 1. The monoisotopic (exact) mass is 463 g/mol. The van der Waals surface area contributed by atoms with E-state index in [1.54, 1.807) is 19.2 Å². The van der Waals surface area contributed by atoms with Crippen LogP contribution in [0.2, 0.25) is 0 Å². The van der Waals surface area contributed by atoms with Gasteiger partial charge in [-0.15, -0.1) is 0 Å². The van der Waals surface area contributed by atoms with E-state index in [0.717, 1.165) is 61.2 Å². The Hall–Kier alpha value is -2.90. The first-order valence-corrected chi connectivity index (χ1v) is 12.2. The fourth-order valence-electron chi connectivity index (χ4n) is 4.78. The number of methoxy groups -OCH3 is 1. The third-order valence-corrected chi connectivity index (χ3v) is 7.03. The van der Waals surface area contributed by atoms with Crippen LogP contribution in [0, 0.1) is 12.7 Å². The van der Waals surface area contributed by atoms with Gasteiger partial charge in [-0.3, -0.25) is 4.90 Å². The van der Waals surface area contributed by atoms with Crippen molar-refractivity contribution in [3.8, 4) is 11.4 Å². The summed E-state index contributed by atoms with van der Waals surface area (Å²) < 4.78 is 21.9. The molecule has 0 bridgehead atoms. The van der Waals surface area contributed by atoms with Gasteiger partial charge in [-0.25, -0.2) is 9.07 Å². The van der Waals surface area contributed by atoms with E-state index in [1.165, 1.54) is 18.4 Å². The van der Waals surface area contributed by atoms with Gasteiger partial charge in [-0.1, -0.05) is 18.2 Å². The molecule has 2 aliphatic rings. The number of hydrogen-bond donors (Lipinski definition) is 0. The van der Waals surface area contributed by atoms with E-state index in [-0.39, 0.29) is 5.82 Å². The molecule has 1 aliphatic carbocycles. The molecule has 0 radical (unpaired) electrons. The summed E-state index contributed by atoms with van der Waals surface area (Å²) in [6.45, 7) is 7.45. The summed E-state index contributed by atoms with van der Waals surface area (Å²) >= 11 is 0. The van der Waals surface area contributed by atoms with Gasteiger partial charge < -0.3 is 14.5 Å². The van der Waals surface area contributed by atoms with Crippen LogP contribution in [0.5, 0.6) is 5.75 Å². The summed E-state index contributed by atoms with van der Waals surface area (Å²) in [5, 5.41) is 5.01. The van der Waals surface area contributed by atoms with E-state index in [0.29, 0.717) is 12.6 Å². The molecular weight excluding hydrogens is 429 g/mol. The summed E-state index contributed by atoms with van der Waals surface area (Å²) in [6, 6.07) is 15.7. The third-order valence-electron chi connectivity index (χ3n) is 7.03. The fraction of sp³-hybridized carbons (Fsp3) is 0.444. The topological polar surface area (TPSA) is 36.8 Å². The number of halogens is 1. The number of anilines is 1. The molecule has 0 unspecified atom stereocenters. The Kier molecular flexibility index (Phi) is 6.57. The van der Waals surface area contributed by atoms with Crippen molar-refractivity contribution in [2.24, 2.45) is 0 Å². The Morgan fingerprint density at radius 3 is 2.35 bits per heavy atom. The standard InChI is InChI=1S/C27H34FN5O/c1-20-25(19-32(22-8-9-22)18-21-6-4-5-7-26(21)28)27(31-16-14-30(2)15-17-31)33(29-20)23-10-12-24(34-3)13-11-23/h4-7,10-13,22H,8-9,14-19H2,1-3H3. The van der Waals surface area contributed by atoms with Crippen LogP contribution in [0.25, 0.3) is 5.69 Å². The summed E-state index contributed by atoms with van der Waals surface area (Å²) in [5.41, 5.74) is 4.06. The molecule has 2 fully saturated rings. The number of likely N-dealkylation sites (N-methyl/N-ethyl adjacent to an activating group) is 1. The second-order valence-corrected chi connectivity index (χ2v) is 9.52. The third kappa shape index (κ3) is 4.81. The summed E-state index contributed by atoms with van der Waals surface area (Å²) in [5.74, 6) is 1.87. The van der Waals surface area contributed by atoms with Gasteiger partial charge in [0.25, 0.3) is 0 Å². The van der Waals surface area contributed by atoms with Crippen molar-refractivity contribution in [1.82, 2.24) is 19.6 Å². The molecule has 5 rings (SSSR count). The molecule has 6 nitrogen and oxygen atoms in total. The molecular formula is C27H34FN5O. The summed E-state index contributed by atoms with van der Waals surface area (Å²) in [6.07, 6.45) is 2.34. The lowest BCUT2D eigenvalue weighted by Crippen LogP contribution is -2.45. The van der Waals surface area contributed by atoms with Crippen molar-refractivity contribution in [2.45, 2.75) is 38.9 Å². The molecule has 2 heterocycles. The van der Waals surface area contributed by atoms with E-state index in [1.807, 2.05) is 24.3 Å². The number of rotatable bonds is 8. The van der Waals surface area contributed by atoms with Crippen molar-refractivity contribution < 1.29 is 9.13 Å². The molecule has 0 amide bonds. The Balaban J connectivity index is 1.51. The fourth-order valence-corrected chi connectivity index (χ4v) is 4.78. The average molecular weight is 464 g/mol. The van der Waals surface area contributed by atoms with Crippen LogP contribution in [0.3, 0.4) is 0 Å². The zero-order chi connectivity index (χ0) is 23.7. The van der Waals surface area contributed by atoms with Gasteiger partial charge in [-0.05, 0) is 57.1 Å². The highest BCUT2D eigenvalue weighted by Gasteiger charge is 2.33. The number of benzene rings is 2. The second-order valence-electron chi connectivity index (χ2n) is 9.52. The molecule has 2 aromatic carbocycles. The van der Waals surface area contributed by atoms with Crippen LogP contribution in [-0.4, -0.2) is 66.0 Å². The van der Waals surface area contributed by atoms with Gasteiger partial charge >= 0.3 is 0 Å². The normalized spacial score (nSPS) is 16.9. The molecule has 3 aromatic rings. The largest absolute Gasteiger partial charge is 0.497 e. The van der Waals surface area contributed by atoms with Crippen LogP contribution < -0.4 is 9.64 Å². The number of hydrogen-bond acceptors (Lipinski definition) is 5. The molecule has 0 N–H and O–H groups in total. The van der Waals surface area contributed by atoms with E-state index >= 15 is 0 Å². The maximum Gasteiger partial charge on any atom is 0.137 e. The molecule has 1 saturated heterocycles. The maximum absolute atomic E-state index is 14.5. The lowest BCUT2D eigenvalue weighted by molar-refractivity contribution is 0.241. The van der Waals surface area contributed by atoms with Crippen molar-refractivity contribution in [3.05, 3.63) is 71.2 Å². The highest BCUT2D eigenvalue weighted by Crippen LogP contribution is 2.35. The predicted molar refractivity (Wildman–Crippen MR) is 133 cm³/mol. The summed E-state index contributed by atoms with van der Waals surface area (Å²) in [7, 11) is 3.86. The predicted octanol–water partition coefficient (Wildman–Crippen LogP) is 4.24. The molecule has 34 heavy (non-hydrogen) atoms. The number of piperazine rings is 1. The minimum atomic E-state index is -0.127. The van der Waals surface area contributed by atoms with Crippen molar-refractivity contribution >= 4 is 5.82 Å². The highest BCUT2D eigenvalue weighted by atomic mass is 19.1. The van der Waals surface area contributed by atoms with Gasteiger partial charge in [0, 0.05) is 56.4 Å². The van der Waals surface area contributed by atoms with Crippen molar-refractivity contribution in [2.75, 3.05) is 45.2 Å². The molecule has 180 valence electrons. The first kappa shape index (κ1) is 22.9. The van der Waals surface area contributed by atoms with Crippen LogP contribution in [0.4, 0.5) is 10.2 Å². The van der Waals surface area contributed by atoms with E-state index in [4.69, 9.17) is 9.84 Å². The molecule has 1 aromatic heterocycles. The maximum atomic E-state index is 14.5. The molecule has 1 saturated carbocycles. The molecule has 0 atom stereocenters. The van der Waals surface area contributed by atoms with Gasteiger partial charge in [0.2, 0.25) is 0 Å². The van der Waals surface area contributed by atoms with Crippen LogP contribution in [-0.2, 0) is 13.1 Å². The number of nitrogens with zero attached hydrogens (tertiary/aromatic N) is 5. The first-order chi connectivity index (χ1) is 16.5. The Labute approximate surface area is 201 Å². The lowest BCUT2D eigenvalue weighted by atomic mass is 10.1. The van der Waals surface area contributed by atoms with Crippen molar-refractivity contribution in [1.29, 1.82) is 0 Å². The summed E-state index contributed by atoms with van der Waals surface area (Å²) in [4.78, 5) is 7.26. The number of aryl methyl sites for hydroxylation is 1. The number of aromatic nitrogens is 2. The molecule has 0 spiro atoms.